The monoisotopic (exact) mass is 362 g/mol. The topological polar surface area (TPSA) is 33.2 Å². The fraction of sp³-hybridized carbons (Fsp3) is 0.739. The molecule has 0 bridgehead atoms. The van der Waals surface area contributed by atoms with Crippen LogP contribution in [0.5, 0.6) is 0 Å². The highest BCUT2D eigenvalue weighted by molar-refractivity contribution is 5.48. The number of hydrogen-bond acceptors (Lipinski definition) is 2. The molecule has 0 aliphatic heterocycles. The molecule has 0 fully saturated rings. The van der Waals surface area contributed by atoms with Crippen molar-refractivity contribution in [3.05, 3.63) is 29.6 Å². The molecule has 0 atom stereocenters. The van der Waals surface area contributed by atoms with Gasteiger partial charge in [0.1, 0.15) is 0 Å². The van der Waals surface area contributed by atoms with Gasteiger partial charge in [-0.25, -0.2) is 0 Å². The molecule has 0 N–H and O–H groups in total. The van der Waals surface area contributed by atoms with Crippen LogP contribution in [0.2, 0.25) is 0 Å². The number of hydrogen-bond donors (Lipinski definition) is 0. The van der Waals surface area contributed by atoms with E-state index in [0.29, 0.717) is 0 Å². The van der Waals surface area contributed by atoms with E-state index in [0.717, 1.165) is 13.0 Å². The molecule has 0 aromatic carbocycles. The lowest BCUT2D eigenvalue weighted by Gasteiger charge is -2.36. The van der Waals surface area contributed by atoms with Gasteiger partial charge >= 0.3 is 0 Å². The van der Waals surface area contributed by atoms with Crippen molar-refractivity contribution in [2.45, 2.75) is 99.5 Å². The van der Waals surface area contributed by atoms with Gasteiger partial charge in [0.15, 0.2) is 0 Å². The van der Waals surface area contributed by atoms with E-state index in [1.165, 1.54) is 11.3 Å². The van der Waals surface area contributed by atoms with Crippen LogP contribution in [0.4, 0.5) is 0 Å². The maximum absolute atomic E-state index is 10.8. The van der Waals surface area contributed by atoms with Crippen molar-refractivity contribution < 1.29 is 4.79 Å². The van der Waals surface area contributed by atoms with E-state index < -0.39 is 0 Å². The zero-order valence-corrected chi connectivity index (χ0v) is 19.3. The highest BCUT2D eigenvalue weighted by Crippen LogP contribution is 2.31. The predicted molar refractivity (Wildman–Crippen MR) is 114 cm³/mol. The Morgan fingerprint density at radius 1 is 0.885 bits per heavy atom. The standard InChI is InChI=1S/C13H21N.C10H21NO/c1-12(2,3)10-8-7-9-14-11(10)13(4,5)6;1-9(2,3)7-11(8-12)10(4,5)6/h7-9H,1-6H3;8H,7H2,1-6H3. The van der Waals surface area contributed by atoms with Gasteiger partial charge in [-0.05, 0) is 43.2 Å². The van der Waals surface area contributed by atoms with Crippen LogP contribution in [0.15, 0.2) is 18.3 Å². The third-order valence-electron chi connectivity index (χ3n) is 3.96. The maximum Gasteiger partial charge on any atom is 0.210 e. The van der Waals surface area contributed by atoms with Crippen molar-refractivity contribution in [1.82, 2.24) is 9.88 Å². The lowest BCUT2D eigenvalue weighted by molar-refractivity contribution is -0.123. The minimum atomic E-state index is -0.0605. The SMILES string of the molecule is CC(C)(C)CN(C=O)C(C)(C)C.CC(C)(C)c1cccnc1C(C)(C)C. The zero-order chi connectivity index (χ0) is 21.0. The molecule has 0 saturated carbocycles. The van der Waals surface area contributed by atoms with Gasteiger partial charge in [0, 0.05) is 29.4 Å². The largest absolute Gasteiger partial charge is 0.340 e. The number of carbonyl (C=O) groups is 1. The highest BCUT2D eigenvalue weighted by Gasteiger charge is 2.26. The van der Waals surface area contributed by atoms with Crippen molar-refractivity contribution in [3.63, 3.8) is 0 Å². The quantitative estimate of drug-likeness (QED) is 0.608. The minimum absolute atomic E-state index is 0.0605. The molecule has 0 spiro atoms. The van der Waals surface area contributed by atoms with Gasteiger partial charge in [0.05, 0.1) is 0 Å². The molecule has 0 aliphatic carbocycles. The maximum atomic E-state index is 10.8. The number of carbonyl (C=O) groups excluding carboxylic acids is 1. The Labute approximate surface area is 162 Å². The summed E-state index contributed by atoms with van der Waals surface area (Å²) in [6.45, 7) is 26.7. The van der Waals surface area contributed by atoms with Crippen molar-refractivity contribution >= 4 is 6.41 Å². The molecule has 3 nitrogen and oxygen atoms in total. The van der Waals surface area contributed by atoms with E-state index in [1.54, 1.807) is 0 Å². The third kappa shape index (κ3) is 8.82. The summed E-state index contributed by atoms with van der Waals surface area (Å²) < 4.78 is 0. The number of amides is 1. The van der Waals surface area contributed by atoms with Gasteiger partial charge < -0.3 is 4.90 Å². The van der Waals surface area contributed by atoms with Crippen LogP contribution in [0, 0.1) is 5.41 Å². The Balaban J connectivity index is 0.000000488. The molecule has 150 valence electrons. The molecular weight excluding hydrogens is 320 g/mol. The first-order valence-electron chi connectivity index (χ1n) is 9.57. The predicted octanol–water partition coefficient (Wildman–Crippen LogP) is 5.97. The smallest absolute Gasteiger partial charge is 0.210 e. The summed E-state index contributed by atoms with van der Waals surface area (Å²) in [7, 11) is 0. The fourth-order valence-corrected chi connectivity index (χ4v) is 2.55. The van der Waals surface area contributed by atoms with E-state index in [9.17, 15) is 4.79 Å². The van der Waals surface area contributed by atoms with Crippen LogP contribution in [-0.2, 0) is 15.6 Å². The Morgan fingerprint density at radius 2 is 1.38 bits per heavy atom. The Hall–Kier alpha value is -1.38. The van der Waals surface area contributed by atoms with E-state index in [2.05, 4.69) is 73.4 Å². The van der Waals surface area contributed by atoms with Crippen LogP contribution in [0.3, 0.4) is 0 Å². The summed E-state index contributed by atoms with van der Waals surface area (Å²) in [5.74, 6) is 0. The van der Waals surface area contributed by atoms with Gasteiger partial charge in [-0.2, -0.15) is 0 Å². The average Bonchev–Trinajstić information content (AvgIpc) is 2.41. The van der Waals surface area contributed by atoms with E-state index in [4.69, 9.17) is 0 Å². The first-order valence-corrected chi connectivity index (χ1v) is 9.57. The molecule has 1 rings (SSSR count). The summed E-state index contributed by atoms with van der Waals surface area (Å²) in [5.41, 5.74) is 2.99. The number of rotatable bonds is 2. The molecule has 0 unspecified atom stereocenters. The second-order valence-corrected chi connectivity index (χ2v) is 11.4. The molecule has 3 heteroatoms. The van der Waals surface area contributed by atoms with Gasteiger partial charge in [-0.15, -0.1) is 0 Å². The normalized spacial score (nSPS) is 12.9. The Kier molecular flexibility index (Phi) is 8.09. The molecule has 1 aromatic heterocycles. The van der Waals surface area contributed by atoms with Gasteiger partial charge in [0.2, 0.25) is 6.41 Å². The van der Waals surface area contributed by atoms with Crippen molar-refractivity contribution in [1.29, 1.82) is 0 Å². The first-order chi connectivity index (χ1) is 11.4. The number of nitrogens with zero attached hydrogens (tertiary/aromatic N) is 2. The molecule has 0 saturated heterocycles. The summed E-state index contributed by atoms with van der Waals surface area (Å²) in [6.07, 6.45) is 2.82. The lowest BCUT2D eigenvalue weighted by Crippen LogP contribution is -2.44. The number of pyridine rings is 1. The zero-order valence-electron chi connectivity index (χ0n) is 19.3. The summed E-state index contributed by atoms with van der Waals surface area (Å²) in [4.78, 5) is 17.1. The number of aromatic nitrogens is 1. The Bertz CT molecular complexity index is 531. The molecule has 1 amide bonds. The molecule has 1 aromatic rings. The Morgan fingerprint density at radius 3 is 1.62 bits per heavy atom. The van der Waals surface area contributed by atoms with Crippen LogP contribution in [0.1, 0.15) is 94.3 Å². The van der Waals surface area contributed by atoms with E-state index in [-0.39, 0.29) is 21.8 Å². The van der Waals surface area contributed by atoms with E-state index >= 15 is 0 Å². The van der Waals surface area contributed by atoms with Gasteiger partial charge in [-0.3, -0.25) is 9.78 Å². The first kappa shape index (κ1) is 24.6. The highest BCUT2D eigenvalue weighted by atomic mass is 16.1. The van der Waals surface area contributed by atoms with Crippen LogP contribution >= 0.6 is 0 Å². The molecule has 26 heavy (non-hydrogen) atoms. The van der Waals surface area contributed by atoms with Gasteiger partial charge in [0.25, 0.3) is 0 Å². The second-order valence-electron chi connectivity index (χ2n) is 11.4. The van der Waals surface area contributed by atoms with Crippen LogP contribution < -0.4 is 0 Å². The van der Waals surface area contributed by atoms with Crippen LogP contribution in [-0.4, -0.2) is 28.4 Å². The fourth-order valence-electron chi connectivity index (χ4n) is 2.55. The second kappa shape index (κ2) is 8.54. The summed E-state index contributed by atoms with van der Waals surface area (Å²) in [6, 6.07) is 4.21. The van der Waals surface area contributed by atoms with Crippen molar-refractivity contribution in [2.24, 2.45) is 5.41 Å². The molecule has 1 heterocycles. The average molecular weight is 363 g/mol. The summed E-state index contributed by atoms with van der Waals surface area (Å²) in [5, 5.41) is 0. The molecule has 0 radical (unpaired) electrons. The molecular formula is C23H42N2O. The van der Waals surface area contributed by atoms with E-state index in [1.807, 2.05) is 37.9 Å². The lowest BCUT2D eigenvalue weighted by atomic mass is 9.78. The third-order valence-corrected chi connectivity index (χ3v) is 3.96. The molecule has 0 aliphatic rings. The summed E-state index contributed by atoms with van der Waals surface area (Å²) >= 11 is 0. The van der Waals surface area contributed by atoms with Crippen molar-refractivity contribution in [3.8, 4) is 0 Å². The van der Waals surface area contributed by atoms with Crippen molar-refractivity contribution in [2.75, 3.05) is 6.54 Å². The van der Waals surface area contributed by atoms with Crippen LogP contribution in [0.25, 0.3) is 0 Å². The minimum Gasteiger partial charge on any atom is -0.340 e. The van der Waals surface area contributed by atoms with Gasteiger partial charge in [-0.1, -0.05) is 68.4 Å².